The molecule has 8 nitrogen and oxygen atoms in total. The number of nitrogens with one attached hydrogen (secondary N) is 1. The van der Waals surface area contributed by atoms with Crippen molar-refractivity contribution in [1.82, 2.24) is 10.5 Å². The van der Waals surface area contributed by atoms with Gasteiger partial charge in [0, 0.05) is 29.7 Å². The summed E-state index contributed by atoms with van der Waals surface area (Å²) in [7, 11) is -2.74. The molecule has 0 aliphatic carbocycles. The fourth-order valence-corrected chi connectivity index (χ4v) is 5.68. The Morgan fingerprint density at radius 2 is 1.62 bits per heavy atom. The Morgan fingerprint density at radius 1 is 0.936 bits per heavy atom. The number of hydrogen-bond donors (Lipinski definition) is 2. The molecule has 10 heteroatoms. The van der Waals surface area contributed by atoms with E-state index >= 15 is 0 Å². The zero-order valence-corrected chi connectivity index (χ0v) is 27.5. The minimum absolute atomic E-state index is 0.00926. The molecule has 0 saturated carbocycles. The lowest BCUT2D eigenvalue weighted by molar-refractivity contribution is 0.0956. The molecule has 1 aromatic heterocycles. The number of amides is 1. The number of rotatable bonds is 11. The van der Waals surface area contributed by atoms with Crippen molar-refractivity contribution in [3.63, 3.8) is 0 Å². The fourth-order valence-electron chi connectivity index (χ4n) is 5.32. The summed E-state index contributed by atoms with van der Waals surface area (Å²) in [6.07, 6.45) is 0.566. The van der Waals surface area contributed by atoms with Gasteiger partial charge in [-0.2, -0.15) is 8.42 Å². The number of carbonyl (C=O) groups excluding carboxylic acids is 1. The van der Waals surface area contributed by atoms with E-state index < -0.39 is 27.6 Å². The molecular weight excluding hydrogens is 619 g/mol. The van der Waals surface area contributed by atoms with Crippen LogP contribution in [0.1, 0.15) is 59.4 Å². The monoisotopic (exact) mass is 656 g/mol. The van der Waals surface area contributed by atoms with Crippen molar-refractivity contribution >= 4 is 16.0 Å². The Labute approximate surface area is 274 Å². The summed E-state index contributed by atoms with van der Waals surface area (Å²) < 4.78 is 56.2. The van der Waals surface area contributed by atoms with Gasteiger partial charge in [0.25, 0.3) is 16.0 Å². The lowest BCUT2D eigenvalue weighted by Crippen LogP contribution is -2.28. The molecule has 0 radical (unpaired) electrons. The Bertz CT molecular complexity index is 1960. The quantitative estimate of drug-likeness (QED) is 0.142. The maximum atomic E-state index is 14.4. The van der Waals surface area contributed by atoms with Gasteiger partial charge in [0.15, 0.2) is 17.3 Å². The van der Waals surface area contributed by atoms with E-state index in [1.807, 2.05) is 42.5 Å². The minimum Gasteiger partial charge on any atom is -0.494 e. The molecule has 0 aliphatic heterocycles. The second-order valence-corrected chi connectivity index (χ2v) is 14.0. The number of carbonyl (C=O) groups is 1. The maximum absolute atomic E-state index is 14.4. The van der Waals surface area contributed by atoms with Crippen LogP contribution in [0.25, 0.3) is 22.5 Å². The number of halogens is 1. The van der Waals surface area contributed by atoms with E-state index in [2.05, 4.69) is 55.5 Å². The van der Waals surface area contributed by atoms with E-state index in [0.29, 0.717) is 23.3 Å². The Morgan fingerprint density at radius 3 is 2.26 bits per heavy atom. The zero-order valence-electron chi connectivity index (χ0n) is 26.7. The highest BCUT2D eigenvalue weighted by molar-refractivity contribution is 7.85. The molecular formula is C37H37FN2O6S. The van der Waals surface area contributed by atoms with Crippen molar-refractivity contribution < 1.29 is 31.4 Å². The lowest BCUT2D eigenvalue weighted by atomic mass is 9.83. The van der Waals surface area contributed by atoms with E-state index in [9.17, 15) is 17.6 Å². The maximum Gasteiger partial charge on any atom is 0.266 e. The number of benzene rings is 4. The van der Waals surface area contributed by atoms with Gasteiger partial charge in [-0.1, -0.05) is 86.6 Å². The van der Waals surface area contributed by atoms with Gasteiger partial charge < -0.3 is 14.6 Å². The Hall–Kier alpha value is -4.80. The standard InChI is InChI=1S/C37H37FN2O6S/c1-37(2,3)30-15-12-25(13-16-30)31(20-24-8-10-26(11-9-24)36(41)39-18-19-47(42,43)44)33-23-35(46-40-33)29-7-5-6-27(21-29)28-14-17-34(45-4)32(38)22-28/h5-17,21-23,31H,18-20H2,1-4H3,(H,39,41)(H,42,43,44). The van der Waals surface area contributed by atoms with Crippen molar-refractivity contribution in [3.05, 3.63) is 131 Å². The van der Waals surface area contributed by atoms with E-state index in [1.54, 1.807) is 24.3 Å². The smallest absolute Gasteiger partial charge is 0.266 e. The second kappa shape index (κ2) is 13.9. The van der Waals surface area contributed by atoms with Crippen LogP contribution in [0.15, 0.2) is 102 Å². The van der Waals surface area contributed by atoms with Crippen LogP contribution in [0, 0.1) is 5.82 Å². The molecule has 244 valence electrons. The van der Waals surface area contributed by atoms with Gasteiger partial charge in [-0.25, -0.2) is 4.39 Å². The molecule has 0 saturated heterocycles. The molecule has 0 aliphatic rings. The number of nitrogens with zero attached hydrogens (tertiary/aromatic N) is 1. The SMILES string of the molecule is COc1ccc(-c2cccc(-c3cc(C(Cc4ccc(C(=O)NCCS(=O)(=O)O)cc4)c4ccc(C(C)(C)C)cc4)no3)c2)cc1F. The van der Waals surface area contributed by atoms with E-state index in [1.165, 1.54) is 18.7 Å². The molecule has 0 bridgehead atoms. The van der Waals surface area contributed by atoms with Crippen LogP contribution in [0.5, 0.6) is 5.75 Å². The highest BCUT2D eigenvalue weighted by Crippen LogP contribution is 2.34. The predicted octanol–water partition coefficient (Wildman–Crippen LogP) is 7.45. The first-order valence-corrected chi connectivity index (χ1v) is 16.8. The molecule has 1 amide bonds. The molecule has 0 fully saturated rings. The van der Waals surface area contributed by atoms with E-state index in [4.69, 9.17) is 13.8 Å². The third-order valence-corrected chi connectivity index (χ3v) is 8.72. The van der Waals surface area contributed by atoms with Gasteiger partial charge in [-0.15, -0.1) is 0 Å². The summed E-state index contributed by atoms with van der Waals surface area (Å²) in [6.45, 7) is 6.30. The normalized spacial score (nSPS) is 12.5. The molecule has 47 heavy (non-hydrogen) atoms. The molecule has 5 rings (SSSR count). The molecule has 1 heterocycles. The van der Waals surface area contributed by atoms with Crippen molar-refractivity contribution in [2.45, 2.75) is 38.5 Å². The summed E-state index contributed by atoms with van der Waals surface area (Å²) in [5, 5.41) is 6.99. The largest absolute Gasteiger partial charge is 0.494 e. The summed E-state index contributed by atoms with van der Waals surface area (Å²) >= 11 is 0. The summed E-state index contributed by atoms with van der Waals surface area (Å²) in [5.74, 6) is -0.853. The highest BCUT2D eigenvalue weighted by Gasteiger charge is 2.22. The van der Waals surface area contributed by atoms with Gasteiger partial charge >= 0.3 is 0 Å². The Kier molecular flexibility index (Phi) is 9.93. The first-order valence-electron chi connectivity index (χ1n) is 15.1. The van der Waals surface area contributed by atoms with Crippen LogP contribution >= 0.6 is 0 Å². The van der Waals surface area contributed by atoms with Gasteiger partial charge in [-0.3, -0.25) is 9.35 Å². The first-order chi connectivity index (χ1) is 22.3. The topological polar surface area (TPSA) is 119 Å². The minimum atomic E-state index is -4.17. The van der Waals surface area contributed by atoms with Crippen LogP contribution in [0.4, 0.5) is 4.39 Å². The van der Waals surface area contributed by atoms with Gasteiger partial charge in [0.1, 0.15) is 0 Å². The first kappa shape index (κ1) is 33.6. The zero-order chi connectivity index (χ0) is 33.8. The van der Waals surface area contributed by atoms with Crippen molar-refractivity contribution in [2.24, 2.45) is 0 Å². The number of methoxy groups -OCH3 is 1. The van der Waals surface area contributed by atoms with Crippen LogP contribution in [0.2, 0.25) is 0 Å². The molecule has 0 spiro atoms. The van der Waals surface area contributed by atoms with Crippen LogP contribution in [-0.4, -0.2) is 43.4 Å². The highest BCUT2D eigenvalue weighted by atomic mass is 32.2. The molecule has 1 atom stereocenters. The van der Waals surface area contributed by atoms with Gasteiger partial charge in [0.05, 0.1) is 18.6 Å². The molecule has 2 N–H and O–H groups in total. The summed E-state index contributed by atoms with van der Waals surface area (Å²) in [6, 6.07) is 29.9. The average molecular weight is 657 g/mol. The van der Waals surface area contributed by atoms with E-state index in [-0.39, 0.29) is 23.6 Å². The van der Waals surface area contributed by atoms with Crippen molar-refractivity contribution in [1.29, 1.82) is 0 Å². The van der Waals surface area contributed by atoms with Crippen molar-refractivity contribution in [3.8, 4) is 28.2 Å². The average Bonchev–Trinajstić information content (AvgIpc) is 3.53. The Balaban J connectivity index is 1.42. The third-order valence-electron chi connectivity index (χ3n) is 8.00. The number of ether oxygens (including phenoxy) is 1. The summed E-state index contributed by atoms with van der Waals surface area (Å²) in [4.78, 5) is 12.5. The predicted molar refractivity (Wildman–Crippen MR) is 180 cm³/mol. The second-order valence-electron chi connectivity index (χ2n) is 12.4. The third kappa shape index (κ3) is 8.52. The fraction of sp³-hybridized carbons (Fsp3) is 0.243. The summed E-state index contributed by atoms with van der Waals surface area (Å²) in [5.41, 5.74) is 6.62. The van der Waals surface area contributed by atoms with Crippen molar-refractivity contribution in [2.75, 3.05) is 19.4 Å². The number of aromatic nitrogens is 1. The molecule has 5 aromatic rings. The van der Waals surface area contributed by atoms with Gasteiger partial charge in [-0.05, 0) is 70.0 Å². The van der Waals surface area contributed by atoms with Crippen LogP contribution in [0.3, 0.4) is 0 Å². The van der Waals surface area contributed by atoms with Crippen LogP contribution < -0.4 is 10.1 Å². The molecule has 4 aromatic carbocycles. The van der Waals surface area contributed by atoms with E-state index in [0.717, 1.165) is 27.9 Å². The van der Waals surface area contributed by atoms with Crippen LogP contribution in [-0.2, 0) is 22.0 Å². The van der Waals surface area contributed by atoms with Gasteiger partial charge in [0.2, 0.25) is 0 Å². The lowest BCUT2D eigenvalue weighted by Gasteiger charge is -2.21. The number of hydrogen-bond acceptors (Lipinski definition) is 6. The molecule has 1 unspecified atom stereocenters.